The maximum absolute atomic E-state index is 11.5. The number of imidazole rings is 1. The van der Waals surface area contributed by atoms with E-state index in [-0.39, 0.29) is 10.6 Å². The maximum atomic E-state index is 11.5. The lowest BCUT2D eigenvalue weighted by atomic mass is 10.1. The largest absolute Gasteiger partial charge is 0.323 e. The topological polar surface area (TPSA) is 115 Å². The molecule has 7 nitrogen and oxygen atoms in total. The van der Waals surface area contributed by atoms with Gasteiger partial charge in [0.15, 0.2) is 5.69 Å². The van der Waals surface area contributed by atoms with Gasteiger partial charge < -0.3 is 4.57 Å². The van der Waals surface area contributed by atoms with Crippen LogP contribution >= 0.6 is 0 Å². The second-order valence-electron chi connectivity index (χ2n) is 6.63. The van der Waals surface area contributed by atoms with Crippen LogP contribution in [-0.4, -0.2) is 23.0 Å². The number of primary sulfonamides is 1. The summed E-state index contributed by atoms with van der Waals surface area (Å²) in [5.41, 5.74) is 4.37. The third-order valence-corrected chi connectivity index (χ3v) is 5.67. The van der Waals surface area contributed by atoms with E-state index in [1.165, 1.54) is 12.1 Å². The number of rotatable bonds is 4. The molecule has 2 N–H and O–H groups in total. The zero-order chi connectivity index (χ0) is 20.6. The second-order valence-corrected chi connectivity index (χ2v) is 8.19. The molecule has 29 heavy (non-hydrogen) atoms. The van der Waals surface area contributed by atoms with Gasteiger partial charge in [0.25, 0.3) is 0 Å². The van der Waals surface area contributed by atoms with Gasteiger partial charge in [0.05, 0.1) is 10.4 Å². The van der Waals surface area contributed by atoms with E-state index in [1.54, 1.807) is 18.3 Å². The monoisotopic (exact) mass is 403 g/mol. The first kappa shape index (κ1) is 18.8. The smallest absolute Gasteiger partial charge is 0.238 e. The number of nitrogens with zero attached hydrogens (tertiary/aromatic N) is 4. The second kappa shape index (κ2) is 7.13. The summed E-state index contributed by atoms with van der Waals surface area (Å²) in [6, 6.07) is 18.3. The van der Waals surface area contributed by atoms with E-state index < -0.39 is 10.0 Å². The van der Waals surface area contributed by atoms with Crippen LogP contribution in [0.4, 0.5) is 0 Å². The van der Waals surface area contributed by atoms with Crippen LogP contribution in [0, 0.1) is 18.3 Å². The summed E-state index contributed by atoms with van der Waals surface area (Å²) < 4.78 is 25.0. The third-order valence-electron chi connectivity index (χ3n) is 4.74. The minimum Gasteiger partial charge on any atom is -0.323 e. The van der Waals surface area contributed by atoms with E-state index >= 15 is 0 Å². The van der Waals surface area contributed by atoms with Crippen LogP contribution in [0.5, 0.6) is 0 Å². The molecule has 8 heteroatoms. The van der Waals surface area contributed by atoms with Crippen LogP contribution in [0.1, 0.15) is 17.1 Å². The number of hydrogen-bond acceptors (Lipinski definition) is 5. The number of fused-ring (bicyclic) bond motifs is 1. The van der Waals surface area contributed by atoms with E-state index in [0.29, 0.717) is 12.1 Å². The Morgan fingerprint density at radius 1 is 1.10 bits per heavy atom. The Balaban J connectivity index is 1.88. The van der Waals surface area contributed by atoms with Gasteiger partial charge in [-0.15, -0.1) is 0 Å². The van der Waals surface area contributed by atoms with Gasteiger partial charge in [0.1, 0.15) is 17.4 Å². The first-order valence-electron chi connectivity index (χ1n) is 8.81. The Labute approximate surface area is 168 Å². The molecule has 4 rings (SSSR count). The van der Waals surface area contributed by atoms with Crippen molar-refractivity contribution in [1.82, 2.24) is 14.5 Å². The summed E-state index contributed by atoms with van der Waals surface area (Å²) in [6.07, 6.45) is 1.69. The fourth-order valence-corrected chi connectivity index (χ4v) is 3.84. The fraction of sp³-hybridized carbons (Fsp3) is 0.0952. The van der Waals surface area contributed by atoms with E-state index in [0.717, 1.165) is 28.0 Å². The number of nitriles is 1. The average Bonchev–Trinajstić information content (AvgIpc) is 3.04. The Hall–Kier alpha value is -3.54. The number of aromatic nitrogens is 3. The molecule has 0 aliphatic rings. The van der Waals surface area contributed by atoms with Crippen LogP contribution in [-0.2, 0) is 16.6 Å². The number of nitrogens with two attached hydrogens (primary N) is 1. The standard InChI is InChI=1S/C21H17N5O2S/c1-14-25-20-19(11-22)24-12-18(16-5-3-2-4-6-16)21(20)26(14)13-15-7-9-17(10-8-15)29(23,27)28/h2-10,12H,13H2,1H3,(H2,23,27,28). The molecule has 0 spiro atoms. The van der Waals surface area contributed by atoms with Gasteiger partial charge in [0.2, 0.25) is 10.0 Å². The zero-order valence-corrected chi connectivity index (χ0v) is 16.4. The van der Waals surface area contributed by atoms with E-state index in [9.17, 15) is 13.7 Å². The summed E-state index contributed by atoms with van der Waals surface area (Å²) in [5, 5.41) is 14.6. The molecule has 4 aromatic rings. The highest BCUT2D eigenvalue weighted by Gasteiger charge is 2.18. The van der Waals surface area contributed by atoms with Crippen molar-refractivity contribution in [2.45, 2.75) is 18.4 Å². The minimum atomic E-state index is -3.74. The first-order valence-corrected chi connectivity index (χ1v) is 10.4. The van der Waals surface area contributed by atoms with Crippen LogP contribution in [0.3, 0.4) is 0 Å². The van der Waals surface area contributed by atoms with Crippen LogP contribution in [0.15, 0.2) is 65.7 Å². The lowest BCUT2D eigenvalue weighted by Crippen LogP contribution is -2.12. The molecule has 144 valence electrons. The number of benzene rings is 2. The van der Waals surface area contributed by atoms with Crippen molar-refractivity contribution in [2.24, 2.45) is 5.14 Å². The Morgan fingerprint density at radius 3 is 2.41 bits per heavy atom. The van der Waals surface area contributed by atoms with Gasteiger partial charge in [0, 0.05) is 18.3 Å². The summed E-state index contributed by atoms with van der Waals surface area (Å²) >= 11 is 0. The summed E-state index contributed by atoms with van der Waals surface area (Å²) in [6.45, 7) is 2.33. The van der Waals surface area contributed by atoms with Crippen LogP contribution in [0.2, 0.25) is 0 Å². The van der Waals surface area contributed by atoms with Crippen molar-refractivity contribution in [3.8, 4) is 17.2 Å². The average molecular weight is 403 g/mol. The fourth-order valence-electron chi connectivity index (χ4n) is 3.33. The van der Waals surface area contributed by atoms with Crippen molar-refractivity contribution in [1.29, 1.82) is 5.26 Å². The summed E-state index contributed by atoms with van der Waals surface area (Å²) in [4.78, 5) is 8.93. The van der Waals surface area contributed by atoms with Crippen molar-refractivity contribution < 1.29 is 8.42 Å². The molecule has 0 saturated heterocycles. The minimum absolute atomic E-state index is 0.0643. The van der Waals surface area contributed by atoms with Crippen molar-refractivity contribution in [3.63, 3.8) is 0 Å². The Bertz CT molecular complexity index is 1350. The molecule has 0 aliphatic carbocycles. The quantitative estimate of drug-likeness (QED) is 0.562. The molecule has 2 heterocycles. The van der Waals surface area contributed by atoms with Gasteiger partial charge in [-0.1, -0.05) is 42.5 Å². The van der Waals surface area contributed by atoms with E-state index in [4.69, 9.17) is 5.14 Å². The number of aryl methyl sites for hydroxylation is 1. The highest BCUT2D eigenvalue weighted by Crippen LogP contribution is 2.30. The molecule has 0 amide bonds. The molecule has 0 aliphatic heterocycles. The number of pyridine rings is 1. The van der Waals surface area contributed by atoms with E-state index in [2.05, 4.69) is 16.0 Å². The van der Waals surface area contributed by atoms with Crippen molar-refractivity contribution in [2.75, 3.05) is 0 Å². The normalized spacial score (nSPS) is 11.5. The Kier molecular flexibility index (Phi) is 4.62. The molecule has 2 aromatic heterocycles. The van der Waals surface area contributed by atoms with Gasteiger partial charge in [-0.05, 0) is 30.2 Å². The van der Waals surface area contributed by atoms with Gasteiger partial charge in [-0.3, -0.25) is 0 Å². The Morgan fingerprint density at radius 2 is 1.79 bits per heavy atom. The van der Waals surface area contributed by atoms with E-state index in [1.807, 2.05) is 41.8 Å². The van der Waals surface area contributed by atoms with Gasteiger partial charge in [-0.2, -0.15) is 5.26 Å². The predicted molar refractivity (Wildman–Crippen MR) is 109 cm³/mol. The lowest BCUT2D eigenvalue weighted by molar-refractivity contribution is 0.597. The molecule has 0 radical (unpaired) electrons. The molecule has 0 unspecified atom stereocenters. The molecule has 0 atom stereocenters. The van der Waals surface area contributed by atoms with Crippen LogP contribution < -0.4 is 5.14 Å². The number of hydrogen-bond donors (Lipinski definition) is 1. The molecular weight excluding hydrogens is 386 g/mol. The molecule has 0 bridgehead atoms. The molecule has 2 aromatic carbocycles. The lowest BCUT2D eigenvalue weighted by Gasteiger charge is -2.11. The summed E-state index contributed by atoms with van der Waals surface area (Å²) in [7, 11) is -3.74. The van der Waals surface area contributed by atoms with Gasteiger partial charge >= 0.3 is 0 Å². The first-order chi connectivity index (χ1) is 13.9. The zero-order valence-electron chi connectivity index (χ0n) is 15.6. The van der Waals surface area contributed by atoms with Crippen LogP contribution in [0.25, 0.3) is 22.2 Å². The molecule has 0 saturated carbocycles. The molecular formula is C21H17N5O2S. The molecule has 0 fully saturated rings. The maximum Gasteiger partial charge on any atom is 0.238 e. The summed E-state index contributed by atoms with van der Waals surface area (Å²) in [5.74, 6) is 0.734. The highest BCUT2D eigenvalue weighted by atomic mass is 32.2. The number of sulfonamides is 1. The van der Waals surface area contributed by atoms with Crippen molar-refractivity contribution in [3.05, 3.63) is 77.9 Å². The SMILES string of the molecule is Cc1nc2c(C#N)ncc(-c3ccccc3)c2n1Cc1ccc(S(N)(=O)=O)cc1. The predicted octanol–water partition coefficient (Wildman–Crippen LogP) is 2.97. The van der Waals surface area contributed by atoms with Gasteiger partial charge in [-0.25, -0.2) is 23.5 Å². The highest BCUT2D eigenvalue weighted by molar-refractivity contribution is 7.89. The van der Waals surface area contributed by atoms with Crippen molar-refractivity contribution >= 4 is 21.1 Å². The third kappa shape index (κ3) is 3.49.